The lowest BCUT2D eigenvalue weighted by Crippen LogP contribution is -2.41. The van der Waals surface area contributed by atoms with Gasteiger partial charge in [-0.25, -0.2) is 4.79 Å². The monoisotopic (exact) mass is 446 g/mol. The molecule has 178 valence electrons. The van der Waals surface area contributed by atoms with Gasteiger partial charge in [0, 0.05) is 11.9 Å². The van der Waals surface area contributed by atoms with Crippen LogP contribution in [0.5, 0.6) is 11.5 Å². The van der Waals surface area contributed by atoms with Crippen molar-refractivity contribution in [2.45, 2.75) is 73.9 Å². The van der Waals surface area contributed by atoms with Gasteiger partial charge in [-0.1, -0.05) is 54.9 Å². The van der Waals surface area contributed by atoms with Gasteiger partial charge in [-0.3, -0.25) is 4.79 Å². The highest BCUT2D eigenvalue weighted by Gasteiger charge is 2.35. The minimum atomic E-state index is -1.15. The number of hydrogen-bond donors (Lipinski definition) is 2. The predicted octanol–water partition coefficient (Wildman–Crippen LogP) is 5.59. The Morgan fingerprint density at radius 1 is 1.16 bits per heavy atom. The molecule has 2 rings (SSSR count). The van der Waals surface area contributed by atoms with E-state index in [1.807, 2.05) is 20.8 Å². The normalized spacial score (nSPS) is 13.1. The molecule has 1 amide bonds. The van der Waals surface area contributed by atoms with Crippen LogP contribution in [0.2, 0.25) is 0 Å². The van der Waals surface area contributed by atoms with Crippen LogP contribution in [0.25, 0.3) is 10.8 Å². The maximum atomic E-state index is 13.7. The first kappa shape index (κ1) is 25.6. The molecule has 1 heterocycles. The lowest BCUT2D eigenvalue weighted by atomic mass is 9.83. The van der Waals surface area contributed by atoms with Crippen LogP contribution < -0.4 is 20.3 Å². The molecule has 0 aliphatic rings. The fourth-order valence-corrected chi connectivity index (χ4v) is 3.75. The Kier molecular flexibility index (Phi) is 7.86. The number of methoxy groups -OCH3 is 1. The third kappa shape index (κ3) is 5.96. The Balaban J connectivity index is 3.02. The minimum absolute atomic E-state index is 0.170. The van der Waals surface area contributed by atoms with Gasteiger partial charge in [-0.15, -0.1) is 0 Å². The van der Waals surface area contributed by atoms with Gasteiger partial charge in [0.2, 0.25) is 0 Å². The molecule has 1 unspecified atom stereocenters. The summed E-state index contributed by atoms with van der Waals surface area (Å²) in [7, 11) is 1.57. The van der Waals surface area contributed by atoms with Gasteiger partial charge >= 0.3 is 6.09 Å². The van der Waals surface area contributed by atoms with E-state index in [0.717, 1.165) is 12.8 Å². The molecule has 0 fully saturated rings. The number of unbranched alkanes of at least 4 members (excludes halogenated alkanes) is 1. The maximum absolute atomic E-state index is 13.7. The molecule has 0 bridgehead atoms. The molecule has 0 saturated heterocycles. The van der Waals surface area contributed by atoms with Crippen molar-refractivity contribution in [3.05, 3.63) is 34.2 Å². The summed E-state index contributed by atoms with van der Waals surface area (Å²) in [6.07, 6.45) is 0.648. The molecule has 0 aliphatic heterocycles. The number of carbonyl (C=O) groups is 1. The van der Waals surface area contributed by atoms with Crippen molar-refractivity contribution < 1.29 is 19.4 Å². The zero-order valence-corrected chi connectivity index (χ0v) is 20.7. The van der Waals surface area contributed by atoms with E-state index >= 15 is 0 Å². The van der Waals surface area contributed by atoms with Gasteiger partial charge < -0.3 is 24.5 Å². The Bertz CT molecular complexity index is 1010. The average Bonchev–Trinajstić information content (AvgIpc) is 2.67. The first-order valence-corrected chi connectivity index (χ1v) is 11.2. The summed E-state index contributed by atoms with van der Waals surface area (Å²) in [5, 5.41) is 13.5. The van der Waals surface area contributed by atoms with Crippen molar-refractivity contribution in [3.63, 3.8) is 0 Å². The van der Waals surface area contributed by atoms with E-state index in [0.29, 0.717) is 41.1 Å². The smallest absolute Gasteiger partial charge is 0.405 e. The maximum Gasteiger partial charge on any atom is 0.405 e. The molecule has 0 spiro atoms. The highest BCUT2D eigenvalue weighted by atomic mass is 16.5. The molecular formula is C25H38N2O5. The average molecular weight is 447 g/mol. The van der Waals surface area contributed by atoms with Gasteiger partial charge in [0.1, 0.15) is 11.5 Å². The van der Waals surface area contributed by atoms with E-state index in [2.05, 4.69) is 33.0 Å². The van der Waals surface area contributed by atoms with Crippen molar-refractivity contribution in [2.24, 2.45) is 10.8 Å². The second kappa shape index (κ2) is 9.84. The van der Waals surface area contributed by atoms with Crippen LogP contribution in [0, 0.1) is 10.8 Å². The van der Waals surface area contributed by atoms with E-state index in [1.165, 1.54) is 0 Å². The second-order valence-electron chi connectivity index (χ2n) is 10.5. The van der Waals surface area contributed by atoms with Crippen LogP contribution in [-0.4, -0.2) is 29.5 Å². The molecule has 1 atom stereocenters. The molecule has 2 aromatic rings. The first-order chi connectivity index (χ1) is 14.8. The quantitative estimate of drug-likeness (QED) is 0.516. The number of rotatable bonds is 8. The zero-order valence-electron chi connectivity index (χ0n) is 20.7. The van der Waals surface area contributed by atoms with Gasteiger partial charge in [-0.2, -0.15) is 0 Å². The van der Waals surface area contributed by atoms with Crippen LogP contribution in [0.1, 0.15) is 73.0 Å². The highest BCUT2D eigenvalue weighted by Crippen LogP contribution is 2.41. The molecule has 1 aromatic heterocycles. The molecule has 7 heteroatoms. The Hall–Kier alpha value is -2.70. The van der Waals surface area contributed by atoms with Crippen molar-refractivity contribution in [1.82, 2.24) is 9.88 Å². The molecule has 1 aromatic carbocycles. The molecule has 0 aliphatic carbocycles. The number of fused-ring (bicyclic) bond motifs is 1. The van der Waals surface area contributed by atoms with E-state index in [-0.39, 0.29) is 11.0 Å². The topological polar surface area (TPSA) is 89.8 Å². The number of aromatic nitrogens is 1. The number of pyridine rings is 1. The number of carboxylic acid groups (broad SMARTS) is 1. The predicted molar refractivity (Wildman–Crippen MR) is 128 cm³/mol. The first-order valence-electron chi connectivity index (χ1n) is 11.2. The minimum Gasteiger partial charge on any atom is -0.497 e. The van der Waals surface area contributed by atoms with Crippen LogP contribution in [-0.2, 0) is 6.54 Å². The molecule has 0 saturated carbocycles. The lowest BCUT2D eigenvalue weighted by molar-refractivity contribution is 0.169. The van der Waals surface area contributed by atoms with Crippen LogP contribution in [0.15, 0.2) is 23.0 Å². The SMILES string of the molecule is CCCCOc1c(C(NC(=O)O)C(C)(C)C)n(CC(C)(C)C)c(=O)c2ccc(OC)cc12. The molecule has 7 nitrogen and oxygen atoms in total. The fourth-order valence-electron chi connectivity index (χ4n) is 3.75. The number of ether oxygens (including phenoxy) is 2. The fraction of sp³-hybridized carbons (Fsp3) is 0.600. The Morgan fingerprint density at radius 2 is 1.81 bits per heavy atom. The summed E-state index contributed by atoms with van der Waals surface area (Å²) in [6, 6.07) is 4.64. The van der Waals surface area contributed by atoms with Crippen LogP contribution in [0.3, 0.4) is 0 Å². The summed E-state index contributed by atoms with van der Waals surface area (Å²) in [5.41, 5.74) is -0.348. The summed E-state index contributed by atoms with van der Waals surface area (Å²) >= 11 is 0. The highest BCUT2D eigenvalue weighted by molar-refractivity contribution is 5.90. The lowest BCUT2D eigenvalue weighted by Gasteiger charge is -2.35. The number of hydrogen-bond acceptors (Lipinski definition) is 4. The van der Waals surface area contributed by atoms with Crippen LogP contribution in [0.4, 0.5) is 4.79 Å². The van der Waals surface area contributed by atoms with E-state index in [4.69, 9.17) is 9.47 Å². The summed E-state index contributed by atoms with van der Waals surface area (Å²) in [4.78, 5) is 25.5. The van der Waals surface area contributed by atoms with E-state index < -0.39 is 17.6 Å². The summed E-state index contributed by atoms with van der Waals surface area (Å²) < 4.78 is 13.4. The van der Waals surface area contributed by atoms with Crippen LogP contribution >= 0.6 is 0 Å². The largest absolute Gasteiger partial charge is 0.497 e. The number of benzene rings is 1. The van der Waals surface area contributed by atoms with E-state index in [1.54, 1.807) is 29.9 Å². The van der Waals surface area contributed by atoms with Gasteiger partial charge in [0.25, 0.3) is 5.56 Å². The van der Waals surface area contributed by atoms with Crippen molar-refractivity contribution >= 4 is 16.9 Å². The van der Waals surface area contributed by atoms with Crippen molar-refractivity contribution in [1.29, 1.82) is 0 Å². The van der Waals surface area contributed by atoms with Crippen molar-refractivity contribution in [2.75, 3.05) is 13.7 Å². The van der Waals surface area contributed by atoms with Gasteiger partial charge in [-0.05, 0) is 35.4 Å². The Morgan fingerprint density at radius 3 is 2.31 bits per heavy atom. The summed E-state index contributed by atoms with van der Waals surface area (Å²) in [5.74, 6) is 1.14. The molecule has 2 N–H and O–H groups in total. The standard InChI is InChI=1S/C25H38N2O5/c1-9-10-13-32-20-18-14-16(31-8)11-12-17(18)22(28)27(15-24(2,3)4)19(20)21(25(5,6)7)26-23(29)30/h11-12,14,21,26H,9-10,13,15H2,1-8H3,(H,29,30). The third-order valence-corrected chi connectivity index (χ3v) is 5.25. The zero-order chi connectivity index (χ0) is 24.3. The second-order valence-corrected chi connectivity index (χ2v) is 10.5. The number of nitrogens with zero attached hydrogens (tertiary/aromatic N) is 1. The third-order valence-electron chi connectivity index (χ3n) is 5.25. The number of nitrogens with one attached hydrogen (secondary N) is 1. The molecule has 32 heavy (non-hydrogen) atoms. The molecule has 0 radical (unpaired) electrons. The Labute approximate surface area is 190 Å². The molecular weight excluding hydrogens is 408 g/mol. The van der Waals surface area contributed by atoms with Gasteiger partial charge in [0.05, 0.1) is 30.8 Å². The number of amides is 1. The van der Waals surface area contributed by atoms with E-state index in [9.17, 15) is 14.7 Å². The summed E-state index contributed by atoms with van der Waals surface area (Å²) in [6.45, 7) is 15.0. The van der Waals surface area contributed by atoms with Crippen molar-refractivity contribution in [3.8, 4) is 11.5 Å². The van der Waals surface area contributed by atoms with Gasteiger partial charge in [0.15, 0.2) is 0 Å².